The van der Waals surface area contributed by atoms with Gasteiger partial charge in [-0.3, -0.25) is 4.79 Å². The molecular weight excluding hydrogens is 422 g/mol. The predicted molar refractivity (Wildman–Crippen MR) is 114 cm³/mol. The first kappa shape index (κ1) is 21.6. The number of methoxy groups -OCH3 is 1. The maximum Gasteiger partial charge on any atom is 0.416 e. The highest BCUT2D eigenvalue weighted by Crippen LogP contribution is 2.39. The smallest absolute Gasteiger partial charge is 0.416 e. The lowest BCUT2D eigenvalue weighted by atomic mass is 9.82. The molecule has 3 nitrogen and oxygen atoms in total. The number of hydrogen-bond donors (Lipinski definition) is 1. The topological polar surface area (TPSA) is 42.1 Å². The van der Waals surface area contributed by atoms with Crippen molar-refractivity contribution in [2.45, 2.75) is 19.0 Å². The van der Waals surface area contributed by atoms with Crippen LogP contribution in [0.5, 0.6) is 5.75 Å². The van der Waals surface area contributed by atoms with Gasteiger partial charge in [-0.05, 0) is 53.9 Å². The Morgan fingerprint density at radius 1 is 1.00 bits per heavy atom. The average Bonchev–Trinajstić information content (AvgIpc) is 3.17. The summed E-state index contributed by atoms with van der Waals surface area (Å²) in [7, 11) is 1.33. The van der Waals surface area contributed by atoms with Crippen molar-refractivity contribution in [1.29, 1.82) is 0 Å². The first-order valence-corrected chi connectivity index (χ1v) is 9.82. The van der Waals surface area contributed by atoms with Gasteiger partial charge in [-0.2, -0.15) is 13.2 Å². The summed E-state index contributed by atoms with van der Waals surface area (Å²) >= 11 is 0. The summed E-state index contributed by atoms with van der Waals surface area (Å²) in [6.45, 7) is 1.83. The van der Waals surface area contributed by atoms with Crippen LogP contribution >= 0.6 is 0 Å². The second kappa shape index (κ2) is 8.15. The Morgan fingerprint density at radius 2 is 1.75 bits per heavy atom. The molecule has 0 amide bonds. The van der Waals surface area contributed by atoms with E-state index < -0.39 is 29.3 Å². The molecule has 1 aromatic heterocycles. The maximum atomic E-state index is 13.8. The van der Waals surface area contributed by atoms with Crippen LogP contribution < -0.4 is 4.74 Å². The molecule has 1 atom stereocenters. The van der Waals surface area contributed by atoms with Crippen molar-refractivity contribution in [3.63, 3.8) is 0 Å². The van der Waals surface area contributed by atoms with E-state index in [1.54, 1.807) is 18.3 Å². The fourth-order valence-corrected chi connectivity index (χ4v) is 3.94. The molecule has 7 heteroatoms. The summed E-state index contributed by atoms with van der Waals surface area (Å²) < 4.78 is 59.1. The van der Waals surface area contributed by atoms with E-state index in [9.17, 15) is 22.4 Å². The number of halogens is 4. The van der Waals surface area contributed by atoms with Crippen LogP contribution in [0.2, 0.25) is 0 Å². The largest absolute Gasteiger partial charge is 0.496 e. The first-order valence-electron chi connectivity index (χ1n) is 9.82. The molecular formula is C25H19F4NO2. The van der Waals surface area contributed by atoms with Gasteiger partial charge in [-0.25, -0.2) is 4.39 Å². The molecule has 1 N–H and O–H groups in total. The van der Waals surface area contributed by atoms with Crippen LogP contribution in [0.15, 0.2) is 66.9 Å². The Hall–Kier alpha value is -3.61. The van der Waals surface area contributed by atoms with Crippen LogP contribution in [0, 0.1) is 12.7 Å². The standard InChI is InChI=1S/C25H19F4NO2/c1-14-5-3-4-6-17(14)23(24(31)18-9-8-16(26)12-22(18)32-2)20-13-30-21-10-7-15(11-19(20)21)25(27,28)29/h3-13,23,30H,1-2H3. The number of rotatable bonds is 5. The number of aryl methyl sites for hydroxylation is 1. The molecule has 0 aliphatic rings. The molecule has 0 spiro atoms. The van der Waals surface area contributed by atoms with E-state index in [1.807, 2.05) is 19.1 Å². The zero-order valence-electron chi connectivity index (χ0n) is 17.3. The Balaban J connectivity index is 1.96. The van der Waals surface area contributed by atoms with E-state index in [4.69, 9.17) is 4.74 Å². The zero-order chi connectivity index (χ0) is 23.0. The van der Waals surface area contributed by atoms with Crippen LogP contribution in [0.3, 0.4) is 0 Å². The molecule has 3 aromatic carbocycles. The fourth-order valence-electron chi connectivity index (χ4n) is 3.94. The monoisotopic (exact) mass is 441 g/mol. The van der Waals surface area contributed by atoms with Crippen LogP contribution in [0.25, 0.3) is 10.9 Å². The predicted octanol–water partition coefficient (Wildman–Crippen LogP) is 6.66. The Morgan fingerprint density at radius 3 is 2.44 bits per heavy atom. The molecule has 0 aliphatic carbocycles. The molecule has 0 saturated heterocycles. The lowest BCUT2D eigenvalue weighted by Crippen LogP contribution is -2.16. The molecule has 0 bridgehead atoms. The van der Waals surface area contributed by atoms with Gasteiger partial charge < -0.3 is 9.72 Å². The Labute approximate surface area is 181 Å². The van der Waals surface area contributed by atoms with Crippen molar-refractivity contribution in [3.05, 3.63) is 100 Å². The Bertz CT molecular complexity index is 1310. The van der Waals surface area contributed by atoms with Gasteiger partial charge in [0.2, 0.25) is 0 Å². The van der Waals surface area contributed by atoms with Crippen molar-refractivity contribution < 1.29 is 27.1 Å². The van der Waals surface area contributed by atoms with Crippen molar-refractivity contribution in [2.75, 3.05) is 7.11 Å². The van der Waals surface area contributed by atoms with Gasteiger partial charge in [0.05, 0.1) is 24.2 Å². The molecule has 1 unspecified atom stereocenters. The highest BCUT2D eigenvalue weighted by Gasteiger charge is 2.33. The number of Topliss-reactive ketones (excluding diaryl/α,β-unsaturated/α-hetero) is 1. The van der Waals surface area contributed by atoms with Gasteiger partial charge in [0.25, 0.3) is 0 Å². The van der Waals surface area contributed by atoms with Crippen molar-refractivity contribution in [3.8, 4) is 5.75 Å². The van der Waals surface area contributed by atoms with Gasteiger partial charge in [-0.15, -0.1) is 0 Å². The minimum absolute atomic E-state index is 0.0596. The van der Waals surface area contributed by atoms with Gasteiger partial charge >= 0.3 is 6.18 Å². The number of alkyl halides is 3. The van der Waals surface area contributed by atoms with Crippen LogP contribution in [0.4, 0.5) is 17.6 Å². The number of fused-ring (bicyclic) bond motifs is 1. The lowest BCUT2D eigenvalue weighted by Gasteiger charge is -2.20. The number of H-pyrrole nitrogens is 1. The quantitative estimate of drug-likeness (QED) is 0.278. The Kier molecular flexibility index (Phi) is 5.50. The highest BCUT2D eigenvalue weighted by atomic mass is 19.4. The third kappa shape index (κ3) is 3.86. The molecule has 0 radical (unpaired) electrons. The molecule has 1 heterocycles. The number of benzene rings is 3. The number of ketones is 1. The van der Waals surface area contributed by atoms with Crippen molar-refractivity contribution >= 4 is 16.7 Å². The summed E-state index contributed by atoms with van der Waals surface area (Å²) in [6.07, 6.45) is -2.97. The average molecular weight is 441 g/mol. The van der Waals surface area contributed by atoms with E-state index >= 15 is 0 Å². The second-order valence-corrected chi connectivity index (χ2v) is 7.50. The van der Waals surface area contributed by atoms with E-state index in [0.717, 1.165) is 29.8 Å². The lowest BCUT2D eigenvalue weighted by molar-refractivity contribution is -0.137. The van der Waals surface area contributed by atoms with Gasteiger partial charge in [0, 0.05) is 23.2 Å². The van der Waals surface area contributed by atoms with Gasteiger partial charge in [-0.1, -0.05) is 24.3 Å². The third-order valence-electron chi connectivity index (χ3n) is 5.54. The molecule has 164 valence electrons. The fraction of sp³-hybridized carbons (Fsp3) is 0.160. The molecule has 4 rings (SSSR count). The minimum atomic E-state index is -4.52. The summed E-state index contributed by atoms with van der Waals surface area (Å²) in [4.78, 5) is 16.7. The van der Waals surface area contributed by atoms with Gasteiger partial charge in [0.15, 0.2) is 5.78 Å². The number of nitrogens with one attached hydrogen (secondary N) is 1. The third-order valence-corrected chi connectivity index (χ3v) is 5.54. The molecule has 32 heavy (non-hydrogen) atoms. The molecule has 0 fully saturated rings. The molecule has 0 saturated carbocycles. The van der Waals surface area contributed by atoms with Crippen molar-refractivity contribution in [1.82, 2.24) is 4.98 Å². The summed E-state index contributed by atoms with van der Waals surface area (Å²) in [5.74, 6) is -1.83. The first-order chi connectivity index (χ1) is 15.2. The van der Waals surface area contributed by atoms with Crippen LogP contribution in [-0.4, -0.2) is 17.9 Å². The zero-order valence-corrected chi connectivity index (χ0v) is 17.3. The highest BCUT2D eigenvalue weighted by molar-refractivity contribution is 6.07. The van der Waals surface area contributed by atoms with Crippen molar-refractivity contribution in [2.24, 2.45) is 0 Å². The number of carbonyl (C=O) groups excluding carboxylic acids is 1. The summed E-state index contributed by atoms with van der Waals surface area (Å²) in [5, 5.41) is 0.294. The SMILES string of the molecule is COc1cc(F)ccc1C(=O)C(c1ccccc1C)c1c[nH]c2ccc(C(F)(F)F)cc12. The number of aromatic amines is 1. The second-order valence-electron chi connectivity index (χ2n) is 7.50. The summed E-state index contributed by atoms with van der Waals surface area (Å²) in [5.41, 5.74) is 1.65. The van der Waals surface area contributed by atoms with Crippen LogP contribution in [-0.2, 0) is 6.18 Å². The van der Waals surface area contributed by atoms with Gasteiger partial charge in [0.1, 0.15) is 11.6 Å². The van der Waals surface area contributed by atoms with E-state index in [2.05, 4.69) is 4.98 Å². The maximum absolute atomic E-state index is 13.8. The van der Waals surface area contributed by atoms with E-state index in [0.29, 0.717) is 22.0 Å². The normalized spacial score (nSPS) is 12.7. The number of carbonyl (C=O) groups is 1. The molecule has 0 aliphatic heterocycles. The van der Waals surface area contributed by atoms with E-state index in [1.165, 1.54) is 19.2 Å². The van der Waals surface area contributed by atoms with E-state index in [-0.39, 0.29) is 11.3 Å². The molecule has 4 aromatic rings. The number of ether oxygens (including phenoxy) is 1. The van der Waals surface area contributed by atoms with Crippen LogP contribution in [0.1, 0.15) is 38.5 Å². The number of aromatic nitrogens is 1. The summed E-state index contributed by atoms with van der Waals surface area (Å²) in [6, 6.07) is 14.2. The number of hydrogen-bond acceptors (Lipinski definition) is 2. The minimum Gasteiger partial charge on any atom is -0.496 e.